The van der Waals surface area contributed by atoms with Gasteiger partial charge in [-0.2, -0.15) is 0 Å². The highest BCUT2D eigenvalue weighted by molar-refractivity contribution is 6.10. The van der Waals surface area contributed by atoms with Crippen molar-refractivity contribution in [2.24, 2.45) is 0 Å². The summed E-state index contributed by atoms with van der Waals surface area (Å²) in [5.74, 6) is 1.72. The molecular formula is C43H46N4O3. The van der Waals surface area contributed by atoms with Crippen LogP contribution in [0.3, 0.4) is 0 Å². The molecule has 0 bridgehead atoms. The monoisotopic (exact) mass is 666 g/mol. The van der Waals surface area contributed by atoms with Crippen LogP contribution in [0.2, 0.25) is 0 Å². The Morgan fingerprint density at radius 2 is 1.52 bits per heavy atom. The van der Waals surface area contributed by atoms with Crippen LogP contribution in [0.1, 0.15) is 50.7 Å². The maximum atomic E-state index is 12.2. The Labute approximate surface area is 296 Å². The Hall–Kier alpha value is -5.37. The van der Waals surface area contributed by atoms with Crippen molar-refractivity contribution in [1.29, 1.82) is 0 Å². The van der Waals surface area contributed by atoms with Crippen LogP contribution in [0.5, 0.6) is 5.75 Å². The number of methoxy groups -OCH3 is 1. The van der Waals surface area contributed by atoms with E-state index in [0.717, 1.165) is 62.1 Å². The molecule has 1 N–H and O–H groups in total. The van der Waals surface area contributed by atoms with Crippen molar-refractivity contribution in [3.05, 3.63) is 144 Å². The minimum Gasteiger partial charge on any atom is -0.497 e. The Morgan fingerprint density at radius 3 is 2.18 bits per heavy atom. The van der Waals surface area contributed by atoms with E-state index in [-0.39, 0.29) is 13.7 Å². The number of aldehydes is 1. The topological polar surface area (TPSA) is 76.6 Å². The number of hydrogen-bond donors (Lipinski definition) is 1. The van der Waals surface area contributed by atoms with Gasteiger partial charge in [-0.25, -0.2) is 4.98 Å². The maximum Gasteiger partial charge on any atom is 0.153 e. The molecule has 6 rings (SSSR count). The number of anilines is 1. The predicted molar refractivity (Wildman–Crippen MR) is 204 cm³/mol. The molecule has 0 aliphatic carbocycles. The van der Waals surface area contributed by atoms with Crippen molar-refractivity contribution in [3.63, 3.8) is 0 Å². The van der Waals surface area contributed by atoms with Gasteiger partial charge in [0, 0.05) is 60.2 Å². The number of aromatic nitrogens is 2. The van der Waals surface area contributed by atoms with Crippen LogP contribution in [-0.4, -0.2) is 35.6 Å². The van der Waals surface area contributed by atoms with Gasteiger partial charge < -0.3 is 19.2 Å². The lowest BCUT2D eigenvalue weighted by atomic mass is 9.92. The van der Waals surface area contributed by atoms with Gasteiger partial charge in [0.05, 0.1) is 13.8 Å². The number of carbonyl (C=O) groups excluding carboxylic acids is 1. The summed E-state index contributed by atoms with van der Waals surface area (Å²) in [6, 6.07) is 37.6. The summed E-state index contributed by atoms with van der Waals surface area (Å²) >= 11 is 0. The van der Waals surface area contributed by atoms with Crippen LogP contribution in [0, 0.1) is 6.92 Å². The van der Waals surface area contributed by atoms with Crippen LogP contribution in [0.4, 0.5) is 5.82 Å². The smallest absolute Gasteiger partial charge is 0.153 e. The zero-order valence-corrected chi connectivity index (χ0v) is 29.4. The summed E-state index contributed by atoms with van der Waals surface area (Å²) in [6.45, 7) is 9.76. The number of fused-ring (bicyclic) bond motifs is 1. The zero-order chi connectivity index (χ0) is 35.1. The third-order valence-corrected chi connectivity index (χ3v) is 8.69. The highest BCUT2D eigenvalue weighted by Gasteiger charge is 2.23. The summed E-state index contributed by atoms with van der Waals surface area (Å²) < 4.78 is 11.4. The normalized spacial score (nSPS) is 12.1. The van der Waals surface area contributed by atoms with Crippen molar-refractivity contribution in [1.82, 2.24) is 15.3 Å². The number of nitrogens with one attached hydrogen (secondary N) is 1. The molecule has 0 saturated carbocycles. The highest BCUT2D eigenvalue weighted by atomic mass is 16.5. The molecule has 7 nitrogen and oxygen atoms in total. The molecule has 0 radical (unpaired) electrons. The van der Waals surface area contributed by atoms with Crippen LogP contribution in [-0.2, 0) is 22.6 Å². The number of nitrogens with zero attached hydrogens (tertiary/aromatic N) is 3. The standard InChI is InChI=1S/C43H44N4O3.H2/c1-30-40(35-23-34(24-44-25-35)39(28-48)50-29-45-43(2,3)4)38-18-12-17-37(33-15-10-7-11-16-33)41(38)42(46-30)47(26-31-13-8-6-9-14-31)27-32-19-21-36(49-5)22-20-32;/h6-25,28,39,45H,26-27,29H2,1-5H3;1H. The number of ether oxygens (including phenoxy) is 2. The lowest BCUT2D eigenvalue weighted by Gasteiger charge is -2.28. The van der Waals surface area contributed by atoms with E-state index in [1.165, 1.54) is 5.56 Å². The fourth-order valence-electron chi connectivity index (χ4n) is 6.19. The molecule has 2 aromatic heterocycles. The largest absolute Gasteiger partial charge is 0.497 e. The van der Waals surface area contributed by atoms with E-state index in [1.54, 1.807) is 13.3 Å². The van der Waals surface area contributed by atoms with E-state index in [9.17, 15) is 4.79 Å². The van der Waals surface area contributed by atoms with Gasteiger partial charge in [0.15, 0.2) is 6.29 Å². The summed E-state index contributed by atoms with van der Waals surface area (Å²) in [5.41, 5.74) is 7.78. The number of rotatable bonds is 13. The van der Waals surface area contributed by atoms with E-state index in [1.807, 2.05) is 36.5 Å². The first kappa shape index (κ1) is 34.5. The van der Waals surface area contributed by atoms with E-state index in [4.69, 9.17) is 14.5 Å². The van der Waals surface area contributed by atoms with Crippen LogP contribution in [0.25, 0.3) is 33.0 Å². The maximum absolute atomic E-state index is 12.2. The van der Waals surface area contributed by atoms with Gasteiger partial charge in [0.25, 0.3) is 0 Å². The second-order valence-electron chi connectivity index (χ2n) is 13.5. The van der Waals surface area contributed by atoms with Crippen molar-refractivity contribution in [3.8, 4) is 28.0 Å². The SMILES string of the molecule is COc1ccc(CN(Cc2ccccc2)c2nc(C)c(-c3cncc(C(C=O)OCNC(C)(C)C)c3)c3cccc(-c4ccccc4)c23)cc1.[HH]. The van der Waals surface area contributed by atoms with Crippen molar-refractivity contribution >= 4 is 22.9 Å². The quantitative estimate of drug-likeness (QED) is 0.0972. The average molecular weight is 667 g/mol. The van der Waals surface area contributed by atoms with Gasteiger partial charge in [-0.05, 0) is 73.5 Å². The van der Waals surface area contributed by atoms with Crippen molar-refractivity contribution < 1.29 is 15.7 Å². The zero-order valence-electron chi connectivity index (χ0n) is 29.4. The minimum atomic E-state index is -0.762. The number of aryl methyl sites for hydroxylation is 1. The Bertz CT molecular complexity index is 2050. The first-order chi connectivity index (χ1) is 24.2. The summed E-state index contributed by atoms with van der Waals surface area (Å²) in [7, 11) is 1.68. The minimum absolute atomic E-state index is 0. The van der Waals surface area contributed by atoms with Crippen molar-refractivity contribution in [2.45, 2.75) is 52.4 Å². The van der Waals surface area contributed by atoms with Gasteiger partial charge in [-0.15, -0.1) is 0 Å². The molecule has 7 heteroatoms. The fraction of sp³-hybridized carbons (Fsp3) is 0.233. The van der Waals surface area contributed by atoms with Gasteiger partial charge >= 0.3 is 0 Å². The van der Waals surface area contributed by atoms with Crippen LogP contribution in [0.15, 0.2) is 122 Å². The van der Waals surface area contributed by atoms with E-state index < -0.39 is 6.10 Å². The van der Waals surface area contributed by atoms with E-state index in [0.29, 0.717) is 18.7 Å². The molecule has 0 aliphatic heterocycles. The Kier molecular flexibility index (Phi) is 10.7. The summed E-state index contributed by atoms with van der Waals surface area (Å²) in [4.78, 5) is 24.6. The Morgan fingerprint density at radius 1 is 0.840 bits per heavy atom. The molecule has 1 unspecified atom stereocenters. The number of benzene rings is 4. The molecule has 0 fully saturated rings. The van der Waals surface area contributed by atoms with E-state index in [2.05, 4.69) is 122 Å². The molecule has 4 aromatic carbocycles. The summed E-state index contributed by atoms with van der Waals surface area (Å²) in [5, 5.41) is 5.39. The molecule has 1 atom stereocenters. The number of pyridine rings is 2. The third kappa shape index (κ3) is 8.08. The lowest BCUT2D eigenvalue weighted by molar-refractivity contribution is -0.119. The molecule has 256 valence electrons. The number of hydrogen-bond acceptors (Lipinski definition) is 7. The van der Waals surface area contributed by atoms with E-state index >= 15 is 0 Å². The lowest BCUT2D eigenvalue weighted by Crippen LogP contribution is -2.37. The molecule has 6 aromatic rings. The predicted octanol–water partition coefficient (Wildman–Crippen LogP) is 9.34. The van der Waals surface area contributed by atoms with Crippen LogP contribution < -0.4 is 15.0 Å². The van der Waals surface area contributed by atoms with Gasteiger partial charge in [-0.1, -0.05) is 91.0 Å². The molecule has 0 amide bonds. The first-order valence-corrected chi connectivity index (χ1v) is 16.9. The van der Waals surface area contributed by atoms with Crippen LogP contribution >= 0.6 is 0 Å². The molecule has 2 heterocycles. The van der Waals surface area contributed by atoms with Gasteiger partial charge in [0.1, 0.15) is 17.7 Å². The van der Waals surface area contributed by atoms with Crippen molar-refractivity contribution in [2.75, 3.05) is 18.7 Å². The fourth-order valence-corrected chi connectivity index (χ4v) is 6.19. The first-order valence-electron chi connectivity index (χ1n) is 16.9. The molecular weight excluding hydrogens is 620 g/mol. The summed E-state index contributed by atoms with van der Waals surface area (Å²) in [6.07, 6.45) is 3.61. The number of carbonyl (C=O) groups is 1. The Balaban J connectivity index is 0.00000504. The molecule has 50 heavy (non-hydrogen) atoms. The average Bonchev–Trinajstić information content (AvgIpc) is 3.13. The van der Waals surface area contributed by atoms with Gasteiger partial charge in [0.2, 0.25) is 0 Å². The molecule has 0 aliphatic rings. The van der Waals surface area contributed by atoms with Gasteiger partial charge in [-0.3, -0.25) is 10.3 Å². The third-order valence-electron chi connectivity index (χ3n) is 8.69. The second kappa shape index (κ2) is 15.5. The second-order valence-corrected chi connectivity index (χ2v) is 13.5. The molecule has 0 spiro atoms. The highest BCUT2D eigenvalue weighted by Crippen LogP contribution is 2.42. The molecule has 0 saturated heterocycles.